The summed E-state index contributed by atoms with van der Waals surface area (Å²) in [5.74, 6) is 1.34. The highest BCUT2D eigenvalue weighted by Gasteiger charge is 2.24. The number of rotatable bonds is 4. The number of alkyl halides is 1. The maximum absolute atomic E-state index is 6.18. The lowest BCUT2D eigenvalue weighted by Crippen LogP contribution is -2.25. The number of halogens is 1. The van der Waals surface area contributed by atoms with Crippen molar-refractivity contribution in [2.75, 3.05) is 6.54 Å². The summed E-state index contributed by atoms with van der Waals surface area (Å²) in [5.41, 5.74) is 0. The zero-order valence-electron chi connectivity index (χ0n) is 8.86. The summed E-state index contributed by atoms with van der Waals surface area (Å²) in [6.07, 6.45) is 3.64. The largest absolute Gasteiger partial charge is 0.309 e. The molecule has 6 heteroatoms. The second-order valence-corrected chi connectivity index (χ2v) is 4.59. The van der Waals surface area contributed by atoms with Crippen LogP contribution in [0, 0.1) is 5.92 Å². The molecule has 0 aromatic carbocycles. The van der Waals surface area contributed by atoms with Crippen molar-refractivity contribution in [2.24, 2.45) is 13.0 Å². The fourth-order valence-corrected chi connectivity index (χ4v) is 2.35. The number of aryl methyl sites for hydroxylation is 1. The van der Waals surface area contributed by atoms with Gasteiger partial charge in [-0.15, -0.1) is 21.8 Å². The number of nitrogens with zero attached hydrogens (tertiary/aromatic N) is 4. The minimum absolute atomic E-state index is 0.340. The smallest absolute Gasteiger partial charge is 0.188 e. The van der Waals surface area contributed by atoms with Gasteiger partial charge in [0.2, 0.25) is 0 Å². The molecule has 0 spiro atoms. The summed E-state index contributed by atoms with van der Waals surface area (Å²) < 4.78 is 0. The number of aromatic nitrogens is 4. The normalized spacial score (nSPS) is 26.0. The molecule has 1 saturated carbocycles. The van der Waals surface area contributed by atoms with Crippen LogP contribution < -0.4 is 5.32 Å². The average Bonchev–Trinajstić information content (AvgIpc) is 2.77. The number of tetrazole rings is 1. The Bertz CT molecular complexity index is 313. The molecule has 1 aromatic rings. The summed E-state index contributed by atoms with van der Waals surface area (Å²) in [4.78, 5) is 1.47. The predicted octanol–water partition coefficient (Wildman–Crippen LogP) is 0.707. The molecule has 5 nitrogen and oxygen atoms in total. The number of hydrogen-bond donors (Lipinski definition) is 1. The van der Waals surface area contributed by atoms with Crippen LogP contribution in [0.2, 0.25) is 0 Å². The fraction of sp³-hybridized carbons (Fsp3) is 0.889. The Kier molecular flexibility index (Phi) is 3.53. The Morgan fingerprint density at radius 2 is 2.40 bits per heavy atom. The van der Waals surface area contributed by atoms with Crippen molar-refractivity contribution in [3.63, 3.8) is 0 Å². The van der Waals surface area contributed by atoms with Gasteiger partial charge >= 0.3 is 0 Å². The lowest BCUT2D eigenvalue weighted by Gasteiger charge is -2.13. The monoisotopic (exact) mass is 229 g/mol. The van der Waals surface area contributed by atoms with E-state index in [-0.39, 0.29) is 0 Å². The van der Waals surface area contributed by atoms with Gasteiger partial charge in [0.25, 0.3) is 0 Å². The lowest BCUT2D eigenvalue weighted by molar-refractivity contribution is 0.488. The zero-order valence-corrected chi connectivity index (χ0v) is 9.61. The van der Waals surface area contributed by atoms with Gasteiger partial charge in [0.05, 0.1) is 13.6 Å². The highest BCUT2D eigenvalue weighted by molar-refractivity contribution is 6.20. The Morgan fingerprint density at radius 1 is 1.53 bits per heavy atom. The van der Waals surface area contributed by atoms with Gasteiger partial charge in [-0.25, -0.2) is 0 Å². The minimum Gasteiger partial charge on any atom is -0.309 e. The molecule has 1 aliphatic rings. The molecule has 84 valence electrons. The van der Waals surface area contributed by atoms with Crippen LogP contribution in [0.25, 0.3) is 0 Å². The molecule has 2 rings (SSSR count). The first-order valence-electron chi connectivity index (χ1n) is 5.33. The van der Waals surface area contributed by atoms with Gasteiger partial charge < -0.3 is 5.32 Å². The van der Waals surface area contributed by atoms with Crippen molar-refractivity contribution in [3.8, 4) is 0 Å². The first kappa shape index (κ1) is 10.8. The quantitative estimate of drug-likeness (QED) is 0.773. The van der Waals surface area contributed by atoms with E-state index in [1.807, 2.05) is 0 Å². The average molecular weight is 230 g/mol. The molecule has 2 unspecified atom stereocenters. The molecule has 1 fully saturated rings. The summed E-state index contributed by atoms with van der Waals surface area (Å²) in [6.45, 7) is 1.63. The Morgan fingerprint density at radius 3 is 3.00 bits per heavy atom. The van der Waals surface area contributed by atoms with E-state index >= 15 is 0 Å². The highest BCUT2D eigenvalue weighted by Crippen LogP contribution is 2.29. The maximum Gasteiger partial charge on any atom is 0.188 e. The van der Waals surface area contributed by atoms with E-state index in [0.29, 0.717) is 17.8 Å². The Labute approximate surface area is 94.2 Å². The Balaban J connectivity index is 1.70. The van der Waals surface area contributed by atoms with Crippen LogP contribution in [0.3, 0.4) is 0 Å². The molecular formula is C9H16ClN5. The van der Waals surface area contributed by atoms with E-state index in [1.54, 1.807) is 7.05 Å². The van der Waals surface area contributed by atoms with Crippen LogP contribution in [-0.2, 0) is 13.6 Å². The molecule has 0 aliphatic heterocycles. The molecule has 1 heterocycles. The van der Waals surface area contributed by atoms with E-state index in [9.17, 15) is 0 Å². The van der Waals surface area contributed by atoms with Crippen molar-refractivity contribution < 1.29 is 0 Å². The zero-order chi connectivity index (χ0) is 10.7. The lowest BCUT2D eigenvalue weighted by atomic mass is 10.1. The van der Waals surface area contributed by atoms with Gasteiger partial charge in [-0.3, -0.25) is 0 Å². The van der Waals surface area contributed by atoms with Crippen LogP contribution in [-0.4, -0.2) is 32.1 Å². The van der Waals surface area contributed by atoms with Gasteiger partial charge in [-0.1, -0.05) is 6.42 Å². The van der Waals surface area contributed by atoms with Crippen LogP contribution in [0.5, 0.6) is 0 Å². The molecule has 0 saturated heterocycles. The molecule has 1 aromatic heterocycles. The van der Waals surface area contributed by atoms with Gasteiger partial charge in [-0.2, -0.15) is 4.80 Å². The third-order valence-electron chi connectivity index (χ3n) is 2.81. The van der Waals surface area contributed by atoms with Crippen LogP contribution in [0.4, 0.5) is 0 Å². The molecule has 0 bridgehead atoms. The van der Waals surface area contributed by atoms with Crippen molar-refractivity contribution in [3.05, 3.63) is 5.82 Å². The number of nitrogens with one attached hydrogen (secondary N) is 1. The third-order valence-corrected chi connectivity index (χ3v) is 3.38. The minimum atomic E-state index is 0.340. The number of hydrogen-bond acceptors (Lipinski definition) is 4. The van der Waals surface area contributed by atoms with Gasteiger partial charge in [-0.05, 0) is 30.5 Å². The van der Waals surface area contributed by atoms with Crippen molar-refractivity contribution >= 4 is 11.6 Å². The molecule has 0 radical (unpaired) electrons. The van der Waals surface area contributed by atoms with Gasteiger partial charge in [0.15, 0.2) is 5.82 Å². The maximum atomic E-state index is 6.18. The second-order valence-electron chi connectivity index (χ2n) is 4.03. The summed E-state index contributed by atoms with van der Waals surface area (Å²) in [5, 5.41) is 15.4. The molecule has 0 amide bonds. The molecule has 2 atom stereocenters. The third kappa shape index (κ3) is 2.89. The van der Waals surface area contributed by atoms with Crippen LogP contribution in [0.15, 0.2) is 0 Å². The molecule has 1 aliphatic carbocycles. The van der Waals surface area contributed by atoms with E-state index in [4.69, 9.17) is 11.6 Å². The summed E-state index contributed by atoms with van der Waals surface area (Å²) in [6, 6.07) is 0. The van der Waals surface area contributed by atoms with E-state index in [1.165, 1.54) is 17.6 Å². The Hall–Kier alpha value is -0.680. The van der Waals surface area contributed by atoms with Crippen LogP contribution in [0.1, 0.15) is 25.1 Å². The predicted molar refractivity (Wildman–Crippen MR) is 57.5 cm³/mol. The van der Waals surface area contributed by atoms with Crippen LogP contribution >= 0.6 is 11.6 Å². The molecule has 15 heavy (non-hydrogen) atoms. The SMILES string of the molecule is Cn1nnc(CNCC2CCCC2Cl)n1. The van der Waals surface area contributed by atoms with Gasteiger partial charge in [0, 0.05) is 5.38 Å². The first-order chi connectivity index (χ1) is 7.25. The fourth-order valence-electron chi connectivity index (χ4n) is 1.99. The van der Waals surface area contributed by atoms with Crippen molar-refractivity contribution in [2.45, 2.75) is 31.2 Å². The van der Waals surface area contributed by atoms with Crippen molar-refractivity contribution in [1.82, 2.24) is 25.5 Å². The van der Waals surface area contributed by atoms with Crippen molar-refractivity contribution in [1.29, 1.82) is 0 Å². The summed E-state index contributed by atoms with van der Waals surface area (Å²) >= 11 is 6.18. The molecular weight excluding hydrogens is 214 g/mol. The van der Waals surface area contributed by atoms with E-state index in [2.05, 4.69) is 20.7 Å². The second kappa shape index (κ2) is 4.90. The summed E-state index contributed by atoms with van der Waals surface area (Å²) in [7, 11) is 1.77. The standard InChI is InChI=1S/C9H16ClN5/c1-15-13-9(12-14-15)6-11-5-7-3-2-4-8(7)10/h7-8,11H,2-6H2,1H3. The van der Waals surface area contributed by atoms with E-state index in [0.717, 1.165) is 18.8 Å². The first-order valence-corrected chi connectivity index (χ1v) is 5.77. The molecule has 1 N–H and O–H groups in total. The topological polar surface area (TPSA) is 55.6 Å². The van der Waals surface area contributed by atoms with Gasteiger partial charge in [0.1, 0.15) is 0 Å². The van der Waals surface area contributed by atoms with E-state index < -0.39 is 0 Å². The highest BCUT2D eigenvalue weighted by atomic mass is 35.5.